The van der Waals surface area contributed by atoms with Crippen LogP contribution in [0.25, 0.3) is 0 Å². The Kier molecular flexibility index (Phi) is 5.92. The first-order valence-electron chi connectivity index (χ1n) is 6.75. The highest BCUT2D eigenvalue weighted by atomic mass is 16.3. The highest BCUT2D eigenvalue weighted by Crippen LogP contribution is 2.27. The molecule has 0 radical (unpaired) electrons. The predicted octanol–water partition coefficient (Wildman–Crippen LogP) is 1.17. The van der Waals surface area contributed by atoms with Gasteiger partial charge in [-0.3, -0.25) is 4.79 Å². The van der Waals surface area contributed by atoms with Gasteiger partial charge < -0.3 is 16.2 Å². The van der Waals surface area contributed by atoms with Gasteiger partial charge in [0.2, 0.25) is 5.91 Å². The van der Waals surface area contributed by atoms with E-state index in [4.69, 9.17) is 5.73 Å². The van der Waals surface area contributed by atoms with E-state index in [1.807, 2.05) is 6.92 Å². The highest BCUT2D eigenvalue weighted by Gasteiger charge is 2.29. The summed E-state index contributed by atoms with van der Waals surface area (Å²) >= 11 is 0. The van der Waals surface area contributed by atoms with Crippen LogP contribution >= 0.6 is 0 Å². The lowest BCUT2D eigenvalue weighted by Gasteiger charge is -2.32. The molecule has 0 saturated heterocycles. The van der Waals surface area contributed by atoms with Crippen LogP contribution in [0.15, 0.2) is 0 Å². The quantitative estimate of drug-likeness (QED) is 0.654. The van der Waals surface area contributed by atoms with E-state index in [2.05, 4.69) is 5.32 Å². The van der Waals surface area contributed by atoms with Crippen molar-refractivity contribution >= 4 is 5.91 Å². The molecule has 1 rings (SSSR count). The van der Waals surface area contributed by atoms with Crippen LogP contribution < -0.4 is 11.1 Å². The van der Waals surface area contributed by atoms with Gasteiger partial charge in [0.25, 0.3) is 0 Å². The summed E-state index contributed by atoms with van der Waals surface area (Å²) in [5.74, 6) is 0.419. The summed E-state index contributed by atoms with van der Waals surface area (Å²) in [5, 5.41) is 13.1. The summed E-state index contributed by atoms with van der Waals surface area (Å²) in [5.41, 5.74) is 4.84. The van der Waals surface area contributed by atoms with Gasteiger partial charge in [-0.1, -0.05) is 26.2 Å². The number of nitrogens with one attached hydrogen (secondary N) is 1. The molecule has 0 aromatic heterocycles. The third-order valence-electron chi connectivity index (χ3n) is 3.67. The number of carbonyl (C=O) groups is 1. The average Bonchev–Trinajstić information content (AvgIpc) is 2.34. The Morgan fingerprint density at radius 2 is 2.06 bits per heavy atom. The molecule has 4 heteroatoms. The molecule has 100 valence electrons. The largest absolute Gasteiger partial charge is 0.388 e. The fourth-order valence-corrected chi connectivity index (χ4v) is 2.23. The van der Waals surface area contributed by atoms with Gasteiger partial charge in [-0.15, -0.1) is 0 Å². The lowest BCUT2D eigenvalue weighted by atomic mass is 9.85. The van der Waals surface area contributed by atoms with Crippen LogP contribution in [0.4, 0.5) is 0 Å². The smallest absolute Gasteiger partial charge is 0.220 e. The molecule has 17 heavy (non-hydrogen) atoms. The van der Waals surface area contributed by atoms with Crippen LogP contribution in [-0.2, 0) is 4.79 Å². The molecule has 4 nitrogen and oxygen atoms in total. The van der Waals surface area contributed by atoms with Crippen LogP contribution in [0.1, 0.15) is 51.9 Å². The van der Waals surface area contributed by atoms with E-state index in [1.54, 1.807) is 0 Å². The molecule has 0 heterocycles. The topological polar surface area (TPSA) is 75.4 Å². The number of carbonyl (C=O) groups excluding carboxylic acids is 1. The molecule has 1 aliphatic rings. The Morgan fingerprint density at radius 1 is 1.41 bits per heavy atom. The van der Waals surface area contributed by atoms with Crippen molar-refractivity contribution in [2.75, 3.05) is 13.1 Å². The van der Waals surface area contributed by atoms with E-state index in [0.29, 0.717) is 25.4 Å². The van der Waals surface area contributed by atoms with Crippen LogP contribution in [-0.4, -0.2) is 29.7 Å². The number of hydrogen-bond acceptors (Lipinski definition) is 3. The van der Waals surface area contributed by atoms with Crippen LogP contribution in [0.2, 0.25) is 0 Å². The maximum absolute atomic E-state index is 11.6. The molecule has 1 fully saturated rings. The monoisotopic (exact) mass is 242 g/mol. The number of nitrogens with two attached hydrogens (primary N) is 1. The summed E-state index contributed by atoms with van der Waals surface area (Å²) in [7, 11) is 0. The first-order chi connectivity index (χ1) is 8.06. The van der Waals surface area contributed by atoms with Crippen LogP contribution in [0.5, 0.6) is 0 Å². The van der Waals surface area contributed by atoms with E-state index in [1.165, 1.54) is 6.42 Å². The van der Waals surface area contributed by atoms with Crippen molar-refractivity contribution in [3.8, 4) is 0 Å². The third-order valence-corrected chi connectivity index (χ3v) is 3.67. The van der Waals surface area contributed by atoms with Gasteiger partial charge in [-0.05, 0) is 31.7 Å². The second-order valence-electron chi connectivity index (χ2n) is 5.44. The SMILES string of the molecule is CC(CN)CCC(=O)NCC1(O)CCCCC1. The normalized spacial score (nSPS) is 20.9. The Labute approximate surface area is 104 Å². The first kappa shape index (κ1) is 14.5. The van der Waals surface area contributed by atoms with Crippen molar-refractivity contribution in [1.82, 2.24) is 5.32 Å². The molecule has 0 aromatic carbocycles. The van der Waals surface area contributed by atoms with Crippen molar-refractivity contribution < 1.29 is 9.90 Å². The zero-order valence-electron chi connectivity index (χ0n) is 10.9. The summed E-state index contributed by atoms with van der Waals surface area (Å²) < 4.78 is 0. The molecule has 1 aliphatic carbocycles. The Bertz CT molecular complexity index is 238. The second-order valence-corrected chi connectivity index (χ2v) is 5.44. The number of aliphatic hydroxyl groups is 1. The molecule has 0 aromatic rings. The first-order valence-corrected chi connectivity index (χ1v) is 6.75. The molecule has 4 N–H and O–H groups in total. The fraction of sp³-hybridized carbons (Fsp3) is 0.923. The van der Waals surface area contributed by atoms with Gasteiger partial charge in [0.05, 0.1) is 5.60 Å². The Balaban J connectivity index is 2.18. The minimum atomic E-state index is -0.659. The molecule has 1 atom stereocenters. The maximum atomic E-state index is 11.6. The van der Waals surface area contributed by atoms with Crippen molar-refractivity contribution in [2.45, 2.75) is 57.5 Å². The minimum Gasteiger partial charge on any atom is -0.388 e. The van der Waals surface area contributed by atoms with Gasteiger partial charge in [-0.25, -0.2) is 0 Å². The van der Waals surface area contributed by atoms with E-state index in [-0.39, 0.29) is 5.91 Å². The molecule has 1 saturated carbocycles. The Hall–Kier alpha value is -0.610. The molecule has 0 spiro atoms. The maximum Gasteiger partial charge on any atom is 0.220 e. The van der Waals surface area contributed by atoms with E-state index >= 15 is 0 Å². The van der Waals surface area contributed by atoms with Gasteiger partial charge in [0, 0.05) is 13.0 Å². The van der Waals surface area contributed by atoms with Crippen LogP contribution in [0, 0.1) is 5.92 Å². The molecule has 0 bridgehead atoms. The van der Waals surface area contributed by atoms with E-state index < -0.39 is 5.60 Å². The van der Waals surface area contributed by atoms with Gasteiger partial charge in [-0.2, -0.15) is 0 Å². The summed E-state index contributed by atoms with van der Waals surface area (Å²) in [6.07, 6.45) is 6.28. The second kappa shape index (κ2) is 6.97. The number of rotatable bonds is 6. The van der Waals surface area contributed by atoms with Gasteiger partial charge >= 0.3 is 0 Å². The molecule has 0 aliphatic heterocycles. The van der Waals surface area contributed by atoms with E-state index in [9.17, 15) is 9.90 Å². The minimum absolute atomic E-state index is 0.0318. The molecular weight excluding hydrogens is 216 g/mol. The standard InChI is InChI=1S/C13H26N2O2/c1-11(9-14)5-6-12(16)15-10-13(17)7-3-2-4-8-13/h11,17H,2-10,14H2,1H3,(H,15,16). The van der Waals surface area contributed by atoms with Gasteiger partial charge in [0.1, 0.15) is 0 Å². The van der Waals surface area contributed by atoms with Crippen molar-refractivity contribution in [1.29, 1.82) is 0 Å². The third kappa shape index (κ3) is 5.50. The van der Waals surface area contributed by atoms with Crippen LogP contribution in [0.3, 0.4) is 0 Å². The number of hydrogen-bond donors (Lipinski definition) is 3. The average molecular weight is 242 g/mol. The zero-order valence-corrected chi connectivity index (χ0v) is 10.9. The Morgan fingerprint density at radius 3 is 2.65 bits per heavy atom. The molecular formula is C13H26N2O2. The fourth-order valence-electron chi connectivity index (χ4n) is 2.23. The zero-order chi connectivity index (χ0) is 12.7. The van der Waals surface area contributed by atoms with Gasteiger partial charge in [0.15, 0.2) is 0 Å². The highest BCUT2D eigenvalue weighted by molar-refractivity contribution is 5.75. The molecule has 1 unspecified atom stereocenters. The lowest BCUT2D eigenvalue weighted by molar-refractivity contribution is -0.123. The summed E-state index contributed by atoms with van der Waals surface area (Å²) in [4.78, 5) is 11.6. The van der Waals surface area contributed by atoms with Crippen molar-refractivity contribution in [2.24, 2.45) is 11.7 Å². The number of amides is 1. The predicted molar refractivity (Wildman–Crippen MR) is 68.5 cm³/mol. The summed E-state index contributed by atoms with van der Waals surface area (Å²) in [6, 6.07) is 0. The lowest BCUT2D eigenvalue weighted by Crippen LogP contribution is -2.44. The molecule has 1 amide bonds. The summed E-state index contributed by atoms with van der Waals surface area (Å²) in [6.45, 7) is 3.07. The van der Waals surface area contributed by atoms with Crippen molar-refractivity contribution in [3.63, 3.8) is 0 Å². The van der Waals surface area contributed by atoms with E-state index in [0.717, 1.165) is 32.1 Å². The van der Waals surface area contributed by atoms with Crippen molar-refractivity contribution in [3.05, 3.63) is 0 Å².